The lowest BCUT2D eigenvalue weighted by atomic mass is 9.99. The number of nitrogens with one attached hydrogen (secondary N) is 2. The van der Waals surface area contributed by atoms with Crippen LogP contribution in [0.1, 0.15) is 68.2 Å². The SMILES string of the molecule is CCCN(CC)CCCCS(=O)(=O)NC(=O)Nc1c2c(cc3c1CCC3)CCC2. The molecule has 0 heterocycles. The molecule has 6 nitrogen and oxygen atoms in total. The predicted molar refractivity (Wildman–Crippen MR) is 118 cm³/mol. The summed E-state index contributed by atoms with van der Waals surface area (Å²) in [6, 6.07) is 1.67. The van der Waals surface area contributed by atoms with E-state index in [9.17, 15) is 13.2 Å². The Morgan fingerprint density at radius 2 is 1.66 bits per heavy atom. The van der Waals surface area contributed by atoms with Crippen LogP contribution in [-0.2, 0) is 35.7 Å². The summed E-state index contributed by atoms with van der Waals surface area (Å²) < 4.78 is 26.9. The van der Waals surface area contributed by atoms with Crippen molar-refractivity contribution in [3.05, 3.63) is 28.3 Å². The molecule has 0 unspecified atom stereocenters. The summed E-state index contributed by atoms with van der Waals surface area (Å²) >= 11 is 0. The third kappa shape index (κ3) is 5.72. The number of nitrogens with zero attached hydrogens (tertiary/aromatic N) is 1. The molecule has 1 aromatic rings. The maximum Gasteiger partial charge on any atom is 0.332 e. The number of carbonyl (C=O) groups is 1. The number of rotatable bonds is 10. The van der Waals surface area contributed by atoms with Crippen LogP contribution in [0.25, 0.3) is 0 Å². The van der Waals surface area contributed by atoms with Gasteiger partial charge in [0.15, 0.2) is 0 Å². The summed E-state index contributed by atoms with van der Waals surface area (Å²) in [5.74, 6) is -0.0187. The van der Waals surface area contributed by atoms with Gasteiger partial charge < -0.3 is 10.2 Å². The Labute approximate surface area is 175 Å². The molecule has 2 aliphatic rings. The van der Waals surface area contributed by atoms with E-state index in [1.165, 1.54) is 22.3 Å². The van der Waals surface area contributed by atoms with Gasteiger partial charge in [-0.15, -0.1) is 0 Å². The summed E-state index contributed by atoms with van der Waals surface area (Å²) in [6.45, 7) is 7.18. The maximum atomic E-state index is 12.5. The van der Waals surface area contributed by atoms with Crippen LogP contribution in [0.15, 0.2) is 6.07 Å². The zero-order chi connectivity index (χ0) is 20.9. The first-order chi connectivity index (χ1) is 13.9. The highest BCUT2D eigenvalue weighted by molar-refractivity contribution is 7.90. The molecule has 2 aliphatic carbocycles. The number of carbonyl (C=O) groups excluding carboxylic acids is 1. The van der Waals surface area contributed by atoms with Gasteiger partial charge >= 0.3 is 6.03 Å². The average Bonchev–Trinajstić information content (AvgIpc) is 3.32. The summed E-state index contributed by atoms with van der Waals surface area (Å²) in [5.41, 5.74) is 5.91. The molecule has 29 heavy (non-hydrogen) atoms. The van der Waals surface area contributed by atoms with Gasteiger partial charge in [-0.05, 0) is 99.7 Å². The molecule has 0 aromatic heterocycles. The summed E-state index contributed by atoms with van der Waals surface area (Å²) in [4.78, 5) is 14.8. The molecule has 0 spiro atoms. The number of sulfonamides is 1. The minimum atomic E-state index is -3.63. The highest BCUT2D eigenvalue weighted by atomic mass is 32.2. The number of aryl methyl sites for hydroxylation is 2. The number of urea groups is 1. The van der Waals surface area contributed by atoms with Crippen LogP contribution < -0.4 is 10.0 Å². The maximum absolute atomic E-state index is 12.5. The van der Waals surface area contributed by atoms with E-state index >= 15 is 0 Å². The van der Waals surface area contributed by atoms with Gasteiger partial charge in [-0.3, -0.25) is 0 Å². The molecule has 2 amide bonds. The number of unbranched alkanes of at least 4 members (excludes halogenated alkanes) is 1. The van der Waals surface area contributed by atoms with Crippen LogP contribution in [-0.4, -0.2) is 44.7 Å². The van der Waals surface area contributed by atoms with Crippen molar-refractivity contribution >= 4 is 21.7 Å². The lowest BCUT2D eigenvalue weighted by Crippen LogP contribution is -2.36. The highest BCUT2D eigenvalue weighted by Crippen LogP contribution is 2.38. The number of fused-ring (bicyclic) bond motifs is 2. The number of anilines is 1. The fraction of sp³-hybridized carbons (Fsp3) is 0.682. The molecule has 162 valence electrons. The Kier molecular flexibility index (Phi) is 7.57. The highest BCUT2D eigenvalue weighted by Gasteiger charge is 2.25. The minimum absolute atomic E-state index is 0.0187. The zero-order valence-electron chi connectivity index (χ0n) is 17.8. The monoisotopic (exact) mass is 421 g/mol. The number of hydrogen-bond acceptors (Lipinski definition) is 4. The Bertz CT molecular complexity index is 804. The van der Waals surface area contributed by atoms with Crippen LogP contribution >= 0.6 is 0 Å². The fourth-order valence-corrected chi connectivity index (χ4v) is 5.69. The Morgan fingerprint density at radius 3 is 2.24 bits per heavy atom. The van der Waals surface area contributed by atoms with E-state index in [4.69, 9.17) is 0 Å². The fourth-order valence-electron chi connectivity index (χ4n) is 4.67. The minimum Gasteiger partial charge on any atom is -0.307 e. The third-order valence-corrected chi connectivity index (χ3v) is 7.41. The first-order valence-corrected chi connectivity index (χ1v) is 12.8. The van der Waals surface area contributed by atoms with Gasteiger partial charge in [-0.1, -0.05) is 19.9 Å². The largest absolute Gasteiger partial charge is 0.332 e. The standard InChI is InChI=1S/C22H35N3O3S/c1-3-13-25(4-2)14-5-6-15-29(27,28)24-22(26)23-21-19-11-7-9-17(19)16-18-10-8-12-20(18)21/h16H,3-15H2,1-2H3,(H2,23,24,26). The molecule has 0 saturated heterocycles. The molecule has 0 fully saturated rings. The average molecular weight is 422 g/mol. The van der Waals surface area contributed by atoms with Gasteiger partial charge in [0.1, 0.15) is 0 Å². The van der Waals surface area contributed by atoms with Gasteiger partial charge in [0, 0.05) is 5.69 Å². The molecule has 2 N–H and O–H groups in total. The molecule has 0 radical (unpaired) electrons. The normalized spacial score (nSPS) is 15.4. The van der Waals surface area contributed by atoms with Gasteiger partial charge in [0.2, 0.25) is 10.0 Å². The van der Waals surface area contributed by atoms with Crippen LogP contribution in [0.2, 0.25) is 0 Å². The second-order valence-electron chi connectivity index (χ2n) is 8.25. The van der Waals surface area contributed by atoms with E-state index in [1.807, 2.05) is 0 Å². The number of hydrogen-bond donors (Lipinski definition) is 2. The second kappa shape index (κ2) is 9.94. The van der Waals surface area contributed by atoms with Crippen LogP contribution in [0.4, 0.5) is 10.5 Å². The van der Waals surface area contributed by atoms with E-state index in [2.05, 4.69) is 34.9 Å². The quantitative estimate of drug-likeness (QED) is 0.566. The lowest BCUT2D eigenvalue weighted by Gasteiger charge is -2.19. The zero-order valence-corrected chi connectivity index (χ0v) is 18.7. The van der Waals surface area contributed by atoms with Crippen LogP contribution in [0.3, 0.4) is 0 Å². The topological polar surface area (TPSA) is 78.5 Å². The Balaban J connectivity index is 1.54. The molecule has 0 bridgehead atoms. The van der Waals surface area contributed by atoms with E-state index in [-0.39, 0.29) is 5.75 Å². The molecular weight excluding hydrogens is 386 g/mol. The smallest absolute Gasteiger partial charge is 0.307 e. The van der Waals surface area contributed by atoms with Crippen molar-refractivity contribution in [1.29, 1.82) is 0 Å². The number of benzene rings is 1. The van der Waals surface area contributed by atoms with E-state index < -0.39 is 16.1 Å². The van der Waals surface area contributed by atoms with Crippen molar-refractivity contribution in [3.63, 3.8) is 0 Å². The molecule has 0 aliphatic heterocycles. The Morgan fingerprint density at radius 1 is 1.00 bits per heavy atom. The van der Waals surface area contributed by atoms with E-state index in [1.54, 1.807) is 0 Å². The van der Waals surface area contributed by atoms with Gasteiger partial charge in [0.25, 0.3) is 0 Å². The van der Waals surface area contributed by atoms with Crippen LogP contribution in [0, 0.1) is 0 Å². The second-order valence-corrected chi connectivity index (χ2v) is 10.1. The molecule has 0 atom stereocenters. The van der Waals surface area contributed by atoms with Gasteiger partial charge in [-0.25, -0.2) is 17.9 Å². The summed E-state index contributed by atoms with van der Waals surface area (Å²) in [5, 5.41) is 2.90. The summed E-state index contributed by atoms with van der Waals surface area (Å²) in [6.07, 6.45) is 8.66. The Hall–Kier alpha value is -1.60. The van der Waals surface area contributed by atoms with Gasteiger partial charge in [0.05, 0.1) is 5.75 Å². The third-order valence-electron chi connectivity index (χ3n) is 6.08. The summed E-state index contributed by atoms with van der Waals surface area (Å²) in [7, 11) is -3.63. The first kappa shape index (κ1) is 22.1. The van der Waals surface area contributed by atoms with E-state index in [0.29, 0.717) is 6.42 Å². The van der Waals surface area contributed by atoms with Crippen molar-refractivity contribution < 1.29 is 13.2 Å². The van der Waals surface area contributed by atoms with Crippen molar-refractivity contribution in [2.24, 2.45) is 0 Å². The van der Waals surface area contributed by atoms with Crippen molar-refractivity contribution in [2.75, 3.05) is 30.7 Å². The molecule has 3 rings (SSSR count). The predicted octanol–water partition coefficient (Wildman–Crippen LogP) is 3.63. The van der Waals surface area contributed by atoms with Gasteiger partial charge in [-0.2, -0.15) is 0 Å². The van der Waals surface area contributed by atoms with Crippen LogP contribution in [0.5, 0.6) is 0 Å². The molecule has 0 saturated carbocycles. The first-order valence-electron chi connectivity index (χ1n) is 11.1. The lowest BCUT2D eigenvalue weighted by molar-refractivity contribution is 0.256. The van der Waals surface area contributed by atoms with Crippen molar-refractivity contribution in [3.8, 4) is 0 Å². The van der Waals surface area contributed by atoms with Crippen molar-refractivity contribution in [2.45, 2.75) is 71.6 Å². The molecule has 7 heteroatoms. The van der Waals surface area contributed by atoms with Crippen molar-refractivity contribution in [1.82, 2.24) is 9.62 Å². The van der Waals surface area contributed by atoms with E-state index in [0.717, 1.165) is 76.7 Å². The molecular formula is C22H35N3O3S. The number of amides is 2. The molecule has 1 aromatic carbocycles.